The predicted molar refractivity (Wildman–Crippen MR) is 42.8 cm³/mol. The number of nitrogens with zero attached hydrogens (tertiary/aromatic N) is 2. The van der Waals surface area contributed by atoms with Crippen LogP contribution in [0.1, 0.15) is 12.0 Å². The average Bonchev–Trinajstić information content (AvgIpc) is 2.51. The van der Waals surface area contributed by atoms with Gasteiger partial charge in [-0.3, -0.25) is 0 Å². The lowest BCUT2D eigenvalue weighted by molar-refractivity contribution is -0.391. The second kappa shape index (κ2) is 3.66. The summed E-state index contributed by atoms with van der Waals surface area (Å²) in [4.78, 5) is 9.37. The van der Waals surface area contributed by atoms with Crippen molar-refractivity contribution in [2.24, 2.45) is 5.73 Å². The van der Waals surface area contributed by atoms with E-state index >= 15 is 0 Å². The largest absolute Gasteiger partial charge is 0.358 e. The molecule has 0 aliphatic rings. The molecule has 0 unspecified atom stereocenters. The summed E-state index contributed by atoms with van der Waals surface area (Å²) < 4.78 is 26.3. The Balaban J connectivity index is 3.05. The van der Waals surface area contributed by atoms with Crippen LogP contribution in [-0.2, 0) is 5.92 Å². The smallest absolute Gasteiger partial charge is 0.351 e. The number of hydrogen-bond acceptors (Lipinski definition) is 4. The van der Waals surface area contributed by atoms with Gasteiger partial charge in [-0.2, -0.15) is 0 Å². The highest BCUT2D eigenvalue weighted by Crippen LogP contribution is 2.35. The summed E-state index contributed by atoms with van der Waals surface area (Å²) in [6.45, 7) is -0.255. The Kier molecular flexibility index (Phi) is 2.75. The molecular formula is C6H8F2N4O2. The van der Waals surface area contributed by atoms with Crippen LogP contribution in [0.4, 0.5) is 14.6 Å². The maximum absolute atomic E-state index is 13.2. The Labute approximate surface area is 77.2 Å². The average molecular weight is 206 g/mol. The number of aromatic amines is 1. The zero-order valence-corrected chi connectivity index (χ0v) is 7.04. The second-order valence-electron chi connectivity index (χ2n) is 2.63. The molecule has 1 rings (SSSR count). The van der Waals surface area contributed by atoms with Crippen molar-refractivity contribution in [2.45, 2.75) is 12.3 Å². The molecule has 0 atom stereocenters. The van der Waals surface area contributed by atoms with Gasteiger partial charge in [0.05, 0.1) is 6.20 Å². The molecule has 8 heteroatoms. The van der Waals surface area contributed by atoms with Crippen molar-refractivity contribution >= 4 is 5.82 Å². The lowest BCUT2D eigenvalue weighted by Gasteiger charge is -2.12. The van der Waals surface area contributed by atoms with Crippen molar-refractivity contribution in [3.8, 4) is 0 Å². The van der Waals surface area contributed by atoms with E-state index in [4.69, 9.17) is 5.73 Å². The normalized spacial score (nSPS) is 11.6. The minimum atomic E-state index is -3.32. The second-order valence-corrected chi connectivity index (χ2v) is 2.63. The molecule has 0 saturated carbocycles. The number of rotatable bonds is 4. The molecule has 0 amide bonds. The van der Waals surface area contributed by atoms with Crippen molar-refractivity contribution in [3.05, 3.63) is 21.9 Å². The Bertz CT molecular complexity index is 338. The number of alkyl halides is 2. The number of nitro groups is 1. The van der Waals surface area contributed by atoms with E-state index in [0.717, 1.165) is 6.20 Å². The highest BCUT2D eigenvalue weighted by molar-refractivity contribution is 5.33. The van der Waals surface area contributed by atoms with Crippen LogP contribution in [0.15, 0.2) is 6.20 Å². The van der Waals surface area contributed by atoms with Crippen LogP contribution in [0.3, 0.4) is 0 Å². The fraction of sp³-hybridized carbons (Fsp3) is 0.500. The van der Waals surface area contributed by atoms with E-state index in [1.165, 1.54) is 0 Å². The Morgan fingerprint density at radius 3 is 2.86 bits per heavy atom. The molecule has 0 fully saturated rings. The van der Waals surface area contributed by atoms with Gasteiger partial charge in [-0.1, -0.05) is 5.10 Å². The Hall–Kier alpha value is -1.57. The summed E-state index contributed by atoms with van der Waals surface area (Å²) in [7, 11) is 0. The van der Waals surface area contributed by atoms with Gasteiger partial charge < -0.3 is 15.8 Å². The van der Waals surface area contributed by atoms with Gasteiger partial charge in [-0.15, -0.1) is 5.10 Å². The number of hydrogen-bond donors (Lipinski definition) is 2. The van der Waals surface area contributed by atoms with E-state index in [0.29, 0.717) is 0 Å². The molecule has 1 aromatic heterocycles. The Morgan fingerprint density at radius 1 is 1.71 bits per heavy atom. The summed E-state index contributed by atoms with van der Waals surface area (Å²) in [5.74, 6) is -4.10. The summed E-state index contributed by atoms with van der Waals surface area (Å²) in [6, 6.07) is 0. The first-order chi connectivity index (χ1) is 6.49. The molecule has 0 spiro atoms. The number of aromatic nitrogens is 2. The molecule has 0 bridgehead atoms. The fourth-order valence-corrected chi connectivity index (χ4v) is 1.00. The first-order valence-corrected chi connectivity index (χ1v) is 3.75. The van der Waals surface area contributed by atoms with E-state index in [-0.39, 0.29) is 6.54 Å². The monoisotopic (exact) mass is 206 g/mol. The van der Waals surface area contributed by atoms with Crippen LogP contribution in [0.25, 0.3) is 0 Å². The summed E-state index contributed by atoms with van der Waals surface area (Å²) in [5.41, 5.74) is 4.24. The molecule has 0 aromatic carbocycles. The third kappa shape index (κ3) is 1.84. The van der Waals surface area contributed by atoms with Crippen molar-refractivity contribution in [1.82, 2.24) is 10.2 Å². The lowest BCUT2D eigenvalue weighted by Crippen LogP contribution is -2.19. The van der Waals surface area contributed by atoms with Crippen molar-refractivity contribution in [3.63, 3.8) is 0 Å². The van der Waals surface area contributed by atoms with Gasteiger partial charge in [0.2, 0.25) is 0 Å². The maximum Gasteiger partial charge on any atom is 0.351 e. The van der Waals surface area contributed by atoms with Crippen molar-refractivity contribution in [2.75, 3.05) is 6.54 Å². The van der Waals surface area contributed by atoms with Crippen LogP contribution in [0, 0.1) is 10.1 Å². The van der Waals surface area contributed by atoms with E-state index in [9.17, 15) is 18.9 Å². The predicted octanol–water partition coefficient (Wildman–Crippen LogP) is 0.758. The minimum Gasteiger partial charge on any atom is -0.358 e. The highest BCUT2D eigenvalue weighted by atomic mass is 19.3. The summed E-state index contributed by atoms with van der Waals surface area (Å²) >= 11 is 0. The lowest BCUT2D eigenvalue weighted by atomic mass is 10.1. The fourth-order valence-electron chi connectivity index (χ4n) is 1.00. The zero-order chi connectivity index (χ0) is 10.8. The van der Waals surface area contributed by atoms with Gasteiger partial charge in [0, 0.05) is 6.42 Å². The number of nitrogens with one attached hydrogen (secondary N) is 1. The van der Waals surface area contributed by atoms with Gasteiger partial charge in [-0.25, -0.2) is 8.78 Å². The zero-order valence-electron chi connectivity index (χ0n) is 7.04. The van der Waals surface area contributed by atoms with E-state index in [2.05, 4.69) is 5.10 Å². The topological polar surface area (TPSA) is 97.8 Å². The highest BCUT2D eigenvalue weighted by Gasteiger charge is 2.38. The molecule has 1 aromatic rings. The molecular weight excluding hydrogens is 198 g/mol. The third-order valence-corrected chi connectivity index (χ3v) is 1.65. The first kappa shape index (κ1) is 10.5. The molecule has 3 N–H and O–H groups in total. The number of nitrogens with two attached hydrogens (primary N) is 1. The van der Waals surface area contributed by atoms with Crippen LogP contribution in [-0.4, -0.2) is 21.7 Å². The molecule has 0 saturated heterocycles. The Morgan fingerprint density at radius 2 is 2.36 bits per heavy atom. The SMILES string of the molecule is NCCC(F)(F)c1cn[nH]c1[N+](=O)[O-]. The first-order valence-electron chi connectivity index (χ1n) is 3.75. The van der Waals surface area contributed by atoms with Crippen LogP contribution >= 0.6 is 0 Å². The molecule has 0 radical (unpaired) electrons. The van der Waals surface area contributed by atoms with Gasteiger partial charge in [0.25, 0.3) is 5.92 Å². The van der Waals surface area contributed by atoms with Gasteiger partial charge in [-0.05, 0) is 11.5 Å². The molecule has 6 nitrogen and oxygen atoms in total. The molecule has 0 aliphatic carbocycles. The van der Waals surface area contributed by atoms with Gasteiger partial charge in [0.15, 0.2) is 0 Å². The van der Waals surface area contributed by atoms with Crippen molar-refractivity contribution < 1.29 is 13.7 Å². The quantitative estimate of drug-likeness (QED) is 0.561. The summed E-state index contributed by atoms with van der Waals surface area (Å²) in [5, 5.41) is 15.4. The van der Waals surface area contributed by atoms with Crippen molar-refractivity contribution in [1.29, 1.82) is 0 Å². The van der Waals surface area contributed by atoms with Gasteiger partial charge in [0.1, 0.15) is 5.56 Å². The van der Waals surface area contributed by atoms with E-state index in [1.54, 1.807) is 0 Å². The standard InChI is InChI=1S/C6H8F2N4O2/c7-6(8,1-2-9)4-3-10-11-5(4)12(13)14/h3H,1-2,9H2,(H,10,11). The third-order valence-electron chi connectivity index (χ3n) is 1.65. The molecule has 78 valence electrons. The van der Waals surface area contributed by atoms with E-state index < -0.39 is 28.6 Å². The maximum atomic E-state index is 13.2. The van der Waals surface area contributed by atoms with Crippen LogP contribution in [0.2, 0.25) is 0 Å². The van der Waals surface area contributed by atoms with Crippen LogP contribution < -0.4 is 5.73 Å². The van der Waals surface area contributed by atoms with Gasteiger partial charge >= 0.3 is 5.82 Å². The molecule has 0 aliphatic heterocycles. The minimum absolute atomic E-state index is 0.255. The van der Waals surface area contributed by atoms with Crippen LogP contribution in [0.5, 0.6) is 0 Å². The molecule has 1 heterocycles. The molecule has 14 heavy (non-hydrogen) atoms. The van der Waals surface area contributed by atoms with E-state index in [1.807, 2.05) is 5.10 Å². The number of H-pyrrole nitrogens is 1. The number of halogens is 2. The summed E-state index contributed by atoms with van der Waals surface area (Å²) in [6.07, 6.45) is 0.0984.